The van der Waals surface area contributed by atoms with Gasteiger partial charge in [0.05, 0.1) is 0 Å². The summed E-state index contributed by atoms with van der Waals surface area (Å²) in [5.41, 5.74) is 2.65. The summed E-state index contributed by atoms with van der Waals surface area (Å²) in [4.78, 5) is 2.14. The quantitative estimate of drug-likeness (QED) is 0.750. The zero-order valence-electron chi connectivity index (χ0n) is 11.8. The van der Waals surface area contributed by atoms with Gasteiger partial charge in [-0.3, -0.25) is 0 Å². The zero-order valence-corrected chi connectivity index (χ0v) is 11.8. The molecule has 0 aromatic heterocycles. The Morgan fingerprint density at radius 3 is 2.47 bits per heavy atom. The lowest BCUT2D eigenvalue weighted by atomic mass is 9.99. The van der Waals surface area contributed by atoms with Crippen molar-refractivity contribution in [3.63, 3.8) is 0 Å². The summed E-state index contributed by atoms with van der Waals surface area (Å²) in [7, 11) is 4.13. The standard InChI is InChI=1S/C15H25NO/c1-6-13-7-8-14(12(2)3)15(11-13)17-10-9-16(4)5/h7-8,11-12H,6,9-10H2,1-5H3. The molecule has 0 atom stereocenters. The van der Waals surface area contributed by atoms with E-state index < -0.39 is 0 Å². The van der Waals surface area contributed by atoms with Crippen molar-refractivity contribution in [3.8, 4) is 5.75 Å². The highest BCUT2D eigenvalue weighted by molar-refractivity contribution is 5.39. The summed E-state index contributed by atoms with van der Waals surface area (Å²) < 4.78 is 5.91. The molecule has 1 rings (SSSR count). The number of hydrogen-bond donors (Lipinski definition) is 0. The highest BCUT2D eigenvalue weighted by atomic mass is 16.5. The van der Waals surface area contributed by atoms with Gasteiger partial charge in [0, 0.05) is 6.54 Å². The molecule has 0 unspecified atom stereocenters. The second-order valence-electron chi connectivity index (χ2n) is 5.03. The number of aryl methyl sites for hydroxylation is 1. The SMILES string of the molecule is CCc1ccc(C(C)C)c(OCCN(C)C)c1. The Morgan fingerprint density at radius 2 is 1.94 bits per heavy atom. The lowest BCUT2D eigenvalue weighted by Crippen LogP contribution is -2.19. The molecule has 1 aromatic rings. The predicted octanol–water partition coefficient (Wildman–Crippen LogP) is 3.31. The largest absolute Gasteiger partial charge is 0.492 e. The van der Waals surface area contributed by atoms with Gasteiger partial charge in [0.2, 0.25) is 0 Å². The molecule has 0 saturated carbocycles. The lowest BCUT2D eigenvalue weighted by Gasteiger charge is -2.17. The molecule has 0 aliphatic carbocycles. The van der Waals surface area contributed by atoms with Gasteiger partial charge in [-0.05, 0) is 43.6 Å². The fourth-order valence-electron chi connectivity index (χ4n) is 1.74. The number of benzene rings is 1. The highest BCUT2D eigenvalue weighted by Gasteiger charge is 2.08. The van der Waals surface area contributed by atoms with Crippen molar-refractivity contribution in [3.05, 3.63) is 29.3 Å². The second-order valence-corrected chi connectivity index (χ2v) is 5.03. The average Bonchev–Trinajstić information content (AvgIpc) is 2.28. The normalized spacial score (nSPS) is 11.2. The third kappa shape index (κ3) is 4.39. The van der Waals surface area contributed by atoms with Gasteiger partial charge in [0.1, 0.15) is 12.4 Å². The molecule has 96 valence electrons. The van der Waals surface area contributed by atoms with Crippen LogP contribution in [0.4, 0.5) is 0 Å². The molecule has 0 saturated heterocycles. The molecular formula is C15H25NO. The minimum absolute atomic E-state index is 0.510. The smallest absolute Gasteiger partial charge is 0.123 e. The van der Waals surface area contributed by atoms with E-state index in [0.29, 0.717) is 5.92 Å². The molecular weight excluding hydrogens is 210 g/mol. The topological polar surface area (TPSA) is 12.5 Å². The van der Waals surface area contributed by atoms with E-state index in [1.807, 2.05) is 0 Å². The molecule has 0 amide bonds. The summed E-state index contributed by atoms with van der Waals surface area (Å²) in [5.74, 6) is 1.57. The Balaban J connectivity index is 2.78. The number of nitrogens with zero attached hydrogens (tertiary/aromatic N) is 1. The van der Waals surface area contributed by atoms with Crippen molar-refractivity contribution >= 4 is 0 Å². The van der Waals surface area contributed by atoms with Gasteiger partial charge >= 0.3 is 0 Å². The first kappa shape index (κ1) is 14.0. The third-order valence-electron chi connectivity index (χ3n) is 2.90. The van der Waals surface area contributed by atoms with Crippen molar-refractivity contribution in [2.45, 2.75) is 33.1 Å². The van der Waals surface area contributed by atoms with Crippen molar-refractivity contribution < 1.29 is 4.74 Å². The minimum atomic E-state index is 0.510. The van der Waals surface area contributed by atoms with Crippen LogP contribution in [0.15, 0.2) is 18.2 Å². The fourth-order valence-corrected chi connectivity index (χ4v) is 1.74. The Bertz CT molecular complexity index is 345. The van der Waals surface area contributed by atoms with E-state index >= 15 is 0 Å². The summed E-state index contributed by atoms with van der Waals surface area (Å²) in [6.07, 6.45) is 1.06. The molecule has 2 heteroatoms. The summed E-state index contributed by atoms with van der Waals surface area (Å²) >= 11 is 0. The van der Waals surface area contributed by atoms with Crippen LogP contribution in [-0.4, -0.2) is 32.1 Å². The van der Waals surface area contributed by atoms with Crippen LogP contribution in [0.25, 0.3) is 0 Å². The van der Waals surface area contributed by atoms with Crippen molar-refractivity contribution in [2.24, 2.45) is 0 Å². The van der Waals surface area contributed by atoms with E-state index in [2.05, 4.69) is 58.0 Å². The van der Waals surface area contributed by atoms with Gasteiger partial charge in [0.25, 0.3) is 0 Å². The molecule has 17 heavy (non-hydrogen) atoms. The van der Waals surface area contributed by atoms with Crippen LogP contribution in [0.1, 0.15) is 37.8 Å². The number of ether oxygens (including phenoxy) is 1. The minimum Gasteiger partial charge on any atom is -0.492 e. The van der Waals surface area contributed by atoms with Crippen LogP contribution in [0.3, 0.4) is 0 Å². The molecule has 0 radical (unpaired) electrons. The Labute approximate surface area is 106 Å². The first-order valence-corrected chi connectivity index (χ1v) is 6.45. The molecule has 0 N–H and O–H groups in total. The van der Waals surface area contributed by atoms with E-state index in [-0.39, 0.29) is 0 Å². The van der Waals surface area contributed by atoms with Crippen LogP contribution in [-0.2, 0) is 6.42 Å². The molecule has 0 spiro atoms. The van der Waals surface area contributed by atoms with Gasteiger partial charge < -0.3 is 9.64 Å². The third-order valence-corrected chi connectivity index (χ3v) is 2.90. The first-order chi connectivity index (χ1) is 8.04. The van der Waals surface area contributed by atoms with E-state index in [0.717, 1.165) is 25.3 Å². The van der Waals surface area contributed by atoms with E-state index in [4.69, 9.17) is 4.74 Å². The van der Waals surface area contributed by atoms with Crippen LogP contribution < -0.4 is 4.74 Å². The molecule has 0 aliphatic heterocycles. The molecule has 0 bridgehead atoms. The molecule has 0 heterocycles. The zero-order chi connectivity index (χ0) is 12.8. The van der Waals surface area contributed by atoms with Gasteiger partial charge in [-0.15, -0.1) is 0 Å². The fraction of sp³-hybridized carbons (Fsp3) is 0.600. The summed E-state index contributed by atoms with van der Waals surface area (Å²) in [6, 6.07) is 6.59. The maximum atomic E-state index is 5.91. The van der Waals surface area contributed by atoms with Crippen molar-refractivity contribution in [1.29, 1.82) is 0 Å². The second kappa shape index (κ2) is 6.65. The van der Waals surface area contributed by atoms with Crippen LogP contribution in [0.2, 0.25) is 0 Å². The van der Waals surface area contributed by atoms with E-state index in [1.54, 1.807) is 0 Å². The molecule has 0 fully saturated rings. The van der Waals surface area contributed by atoms with Crippen molar-refractivity contribution in [1.82, 2.24) is 4.90 Å². The molecule has 1 aromatic carbocycles. The molecule has 2 nitrogen and oxygen atoms in total. The lowest BCUT2D eigenvalue weighted by molar-refractivity contribution is 0.258. The number of rotatable bonds is 6. The molecule has 0 aliphatic rings. The monoisotopic (exact) mass is 235 g/mol. The maximum absolute atomic E-state index is 5.91. The van der Waals surface area contributed by atoms with Crippen LogP contribution >= 0.6 is 0 Å². The highest BCUT2D eigenvalue weighted by Crippen LogP contribution is 2.27. The van der Waals surface area contributed by atoms with Crippen LogP contribution in [0, 0.1) is 0 Å². The van der Waals surface area contributed by atoms with E-state index in [1.165, 1.54) is 11.1 Å². The average molecular weight is 235 g/mol. The maximum Gasteiger partial charge on any atom is 0.123 e. The first-order valence-electron chi connectivity index (χ1n) is 6.45. The van der Waals surface area contributed by atoms with Gasteiger partial charge in [-0.1, -0.05) is 32.9 Å². The Kier molecular flexibility index (Phi) is 5.49. The van der Waals surface area contributed by atoms with Gasteiger partial charge in [-0.25, -0.2) is 0 Å². The van der Waals surface area contributed by atoms with Gasteiger partial charge in [0.15, 0.2) is 0 Å². The summed E-state index contributed by atoms with van der Waals surface area (Å²) in [6.45, 7) is 8.29. The van der Waals surface area contributed by atoms with E-state index in [9.17, 15) is 0 Å². The predicted molar refractivity (Wildman–Crippen MR) is 74.0 cm³/mol. The van der Waals surface area contributed by atoms with Crippen molar-refractivity contribution in [2.75, 3.05) is 27.2 Å². The Hall–Kier alpha value is -1.02. The Morgan fingerprint density at radius 1 is 1.24 bits per heavy atom. The van der Waals surface area contributed by atoms with Gasteiger partial charge in [-0.2, -0.15) is 0 Å². The number of likely N-dealkylation sites (N-methyl/N-ethyl adjacent to an activating group) is 1. The summed E-state index contributed by atoms with van der Waals surface area (Å²) in [5, 5.41) is 0. The number of hydrogen-bond acceptors (Lipinski definition) is 2. The van der Waals surface area contributed by atoms with Crippen LogP contribution in [0.5, 0.6) is 5.75 Å².